The van der Waals surface area contributed by atoms with Crippen molar-refractivity contribution in [2.45, 2.75) is 19.9 Å². The first-order valence-electron chi connectivity index (χ1n) is 6.54. The number of benzene rings is 2. The fraction of sp³-hybridized carbons (Fsp3) is 0.250. The van der Waals surface area contributed by atoms with Crippen molar-refractivity contribution >= 4 is 11.4 Å². The Morgan fingerprint density at radius 1 is 1.16 bits per heavy atom. The van der Waals surface area contributed by atoms with Gasteiger partial charge < -0.3 is 15.8 Å². The van der Waals surface area contributed by atoms with Crippen LogP contribution < -0.4 is 15.8 Å². The van der Waals surface area contributed by atoms with E-state index in [1.54, 1.807) is 0 Å². The molecule has 1 unspecified atom stereocenters. The van der Waals surface area contributed by atoms with E-state index in [0.717, 1.165) is 11.4 Å². The van der Waals surface area contributed by atoms with Gasteiger partial charge in [-0.1, -0.05) is 30.3 Å². The topological polar surface area (TPSA) is 47.3 Å². The van der Waals surface area contributed by atoms with Crippen LogP contribution in [0.5, 0.6) is 5.75 Å². The molecule has 2 aromatic rings. The van der Waals surface area contributed by atoms with Crippen LogP contribution in [0.1, 0.15) is 25.5 Å². The molecule has 0 aliphatic rings. The summed E-state index contributed by atoms with van der Waals surface area (Å²) >= 11 is 0. The zero-order chi connectivity index (χ0) is 13.7. The Hall–Kier alpha value is -2.16. The van der Waals surface area contributed by atoms with Gasteiger partial charge in [0.05, 0.1) is 12.3 Å². The Bertz CT molecular complexity index is 526. The van der Waals surface area contributed by atoms with Gasteiger partial charge in [-0.25, -0.2) is 0 Å². The highest BCUT2D eigenvalue weighted by Crippen LogP contribution is 2.27. The minimum Gasteiger partial charge on any atom is -0.492 e. The predicted molar refractivity (Wildman–Crippen MR) is 80.5 cm³/mol. The van der Waals surface area contributed by atoms with E-state index < -0.39 is 0 Å². The summed E-state index contributed by atoms with van der Waals surface area (Å²) in [5.74, 6) is 0.729. The van der Waals surface area contributed by atoms with Crippen LogP contribution in [0.4, 0.5) is 11.4 Å². The van der Waals surface area contributed by atoms with Gasteiger partial charge in [0.15, 0.2) is 0 Å². The second kappa shape index (κ2) is 6.14. The first-order chi connectivity index (χ1) is 9.20. The number of nitrogens with one attached hydrogen (secondary N) is 1. The minimum absolute atomic E-state index is 0.235. The number of hydrogen-bond acceptors (Lipinski definition) is 3. The maximum absolute atomic E-state index is 5.86. The number of anilines is 2. The van der Waals surface area contributed by atoms with Crippen molar-refractivity contribution in [2.75, 3.05) is 17.7 Å². The molecule has 100 valence electrons. The highest BCUT2D eigenvalue weighted by molar-refractivity contribution is 5.61. The first kappa shape index (κ1) is 13.3. The van der Waals surface area contributed by atoms with Crippen molar-refractivity contribution in [1.82, 2.24) is 0 Å². The standard InChI is InChI=1S/C16H20N2O/c1-3-19-16-11-14(9-10-15(16)17)18-12(2)13-7-5-4-6-8-13/h4-12,18H,3,17H2,1-2H3. The molecule has 0 aliphatic heterocycles. The van der Waals surface area contributed by atoms with Gasteiger partial charge in [0.25, 0.3) is 0 Å². The molecule has 0 aliphatic carbocycles. The van der Waals surface area contributed by atoms with E-state index in [2.05, 4.69) is 24.4 Å². The summed E-state index contributed by atoms with van der Waals surface area (Å²) in [6.45, 7) is 4.69. The molecule has 2 rings (SSSR count). The molecule has 3 N–H and O–H groups in total. The third-order valence-corrected chi connectivity index (χ3v) is 3.00. The number of ether oxygens (including phenoxy) is 1. The largest absolute Gasteiger partial charge is 0.492 e. The summed E-state index contributed by atoms with van der Waals surface area (Å²) in [4.78, 5) is 0. The van der Waals surface area contributed by atoms with Crippen LogP contribution in [0.2, 0.25) is 0 Å². The lowest BCUT2D eigenvalue weighted by Gasteiger charge is -2.17. The molecule has 19 heavy (non-hydrogen) atoms. The smallest absolute Gasteiger partial charge is 0.144 e. The summed E-state index contributed by atoms with van der Waals surface area (Å²) in [7, 11) is 0. The van der Waals surface area contributed by atoms with Crippen molar-refractivity contribution < 1.29 is 4.74 Å². The van der Waals surface area contributed by atoms with E-state index in [1.165, 1.54) is 5.56 Å². The monoisotopic (exact) mass is 256 g/mol. The minimum atomic E-state index is 0.235. The lowest BCUT2D eigenvalue weighted by molar-refractivity contribution is 0.342. The van der Waals surface area contributed by atoms with Gasteiger partial charge in [-0.3, -0.25) is 0 Å². The maximum Gasteiger partial charge on any atom is 0.144 e. The number of hydrogen-bond donors (Lipinski definition) is 2. The quantitative estimate of drug-likeness (QED) is 0.799. The number of nitrogens with two attached hydrogens (primary N) is 1. The molecule has 2 aromatic carbocycles. The van der Waals surface area contributed by atoms with Gasteiger partial charge in [0.1, 0.15) is 5.75 Å². The van der Waals surface area contributed by atoms with Gasteiger partial charge in [-0.05, 0) is 31.5 Å². The van der Waals surface area contributed by atoms with Crippen molar-refractivity contribution in [1.29, 1.82) is 0 Å². The van der Waals surface area contributed by atoms with E-state index >= 15 is 0 Å². The summed E-state index contributed by atoms with van der Waals surface area (Å²) in [6, 6.07) is 16.3. The molecule has 0 aromatic heterocycles. The molecular weight excluding hydrogens is 236 g/mol. The number of rotatable bonds is 5. The van der Waals surface area contributed by atoms with Gasteiger partial charge in [0.2, 0.25) is 0 Å². The average molecular weight is 256 g/mol. The van der Waals surface area contributed by atoms with Gasteiger partial charge in [-0.15, -0.1) is 0 Å². The summed E-state index contributed by atoms with van der Waals surface area (Å²) in [5.41, 5.74) is 8.79. The van der Waals surface area contributed by atoms with Crippen molar-refractivity contribution in [3.8, 4) is 5.75 Å². The first-order valence-corrected chi connectivity index (χ1v) is 6.54. The second-order valence-corrected chi connectivity index (χ2v) is 4.46. The van der Waals surface area contributed by atoms with Crippen LogP contribution in [0.3, 0.4) is 0 Å². The van der Waals surface area contributed by atoms with Crippen LogP contribution >= 0.6 is 0 Å². The fourth-order valence-electron chi connectivity index (χ4n) is 1.98. The molecule has 0 spiro atoms. The highest BCUT2D eigenvalue weighted by Gasteiger charge is 2.06. The second-order valence-electron chi connectivity index (χ2n) is 4.46. The normalized spacial score (nSPS) is 11.9. The molecule has 0 saturated heterocycles. The Kier molecular flexibility index (Phi) is 4.29. The molecule has 0 radical (unpaired) electrons. The molecular formula is C16H20N2O. The lowest BCUT2D eigenvalue weighted by Crippen LogP contribution is -2.07. The van der Waals surface area contributed by atoms with E-state index in [1.807, 2.05) is 43.3 Å². The SMILES string of the molecule is CCOc1cc(NC(C)c2ccccc2)ccc1N. The highest BCUT2D eigenvalue weighted by atomic mass is 16.5. The molecule has 0 amide bonds. The zero-order valence-corrected chi connectivity index (χ0v) is 11.4. The van der Waals surface area contributed by atoms with Crippen LogP contribution in [0.25, 0.3) is 0 Å². The molecule has 3 heteroatoms. The average Bonchev–Trinajstić information content (AvgIpc) is 2.44. The maximum atomic E-state index is 5.86. The van der Waals surface area contributed by atoms with Crippen molar-refractivity contribution in [3.05, 3.63) is 54.1 Å². The van der Waals surface area contributed by atoms with Crippen LogP contribution in [-0.2, 0) is 0 Å². The van der Waals surface area contributed by atoms with Gasteiger partial charge in [-0.2, -0.15) is 0 Å². The molecule has 3 nitrogen and oxygen atoms in total. The van der Waals surface area contributed by atoms with E-state index in [-0.39, 0.29) is 6.04 Å². The molecule has 0 fully saturated rings. The summed E-state index contributed by atoms with van der Waals surface area (Å²) in [6.07, 6.45) is 0. The Labute approximate surface area is 114 Å². The lowest BCUT2D eigenvalue weighted by atomic mass is 10.1. The molecule has 0 saturated carbocycles. The summed E-state index contributed by atoms with van der Waals surface area (Å²) < 4.78 is 5.50. The third kappa shape index (κ3) is 3.41. The van der Waals surface area contributed by atoms with Crippen LogP contribution in [0.15, 0.2) is 48.5 Å². The molecule has 0 bridgehead atoms. The Morgan fingerprint density at radius 2 is 1.89 bits per heavy atom. The fourth-order valence-corrected chi connectivity index (χ4v) is 1.98. The van der Waals surface area contributed by atoms with Crippen molar-refractivity contribution in [2.24, 2.45) is 0 Å². The van der Waals surface area contributed by atoms with Gasteiger partial charge in [0, 0.05) is 17.8 Å². The van der Waals surface area contributed by atoms with E-state index in [4.69, 9.17) is 10.5 Å². The summed E-state index contributed by atoms with van der Waals surface area (Å²) in [5, 5.41) is 3.45. The molecule has 0 heterocycles. The van der Waals surface area contributed by atoms with Crippen molar-refractivity contribution in [3.63, 3.8) is 0 Å². The Balaban J connectivity index is 2.13. The molecule has 1 atom stereocenters. The van der Waals surface area contributed by atoms with Crippen LogP contribution in [0, 0.1) is 0 Å². The van der Waals surface area contributed by atoms with E-state index in [9.17, 15) is 0 Å². The zero-order valence-electron chi connectivity index (χ0n) is 11.4. The third-order valence-electron chi connectivity index (χ3n) is 3.00. The van der Waals surface area contributed by atoms with Gasteiger partial charge >= 0.3 is 0 Å². The predicted octanol–water partition coefficient (Wildman–Crippen LogP) is 3.84. The number of nitrogen functional groups attached to an aromatic ring is 1. The Morgan fingerprint density at radius 3 is 2.58 bits per heavy atom. The van der Waals surface area contributed by atoms with Crippen LogP contribution in [-0.4, -0.2) is 6.61 Å². The van der Waals surface area contributed by atoms with E-state index in [0.29, 0.717) is 12.3 Å².